The molecule has 0 unspecified atom stereocenters. The van der Waals surface area contributed by atoms with Crippen LogP contribution in [0.15, 0.2) is 42.8 Å². The minimum absolute atomic E-state index is 0.0766. The molecule has 0 fully saturated rings. The molecule has 2 aliphatic heterocycles. The Morgan fingerprint density at radius 2 is 1.08 bits per heavy atom. The molecular weight excluding hydrogens is 916 g/mol. The number of hydrogen-bond acceptors (Lipinski definition) is 10. The number of nitrogens with zero attached hydrogens (tertiary/aromatic N) is 4. The van der Waals surface area contributed by atoms with E-state index in [1.54, 1.807) is 18.7 Å². The lowest BCUT2D eigenvalue weighted by atomic mass is 9.95. The number of carbonyl (C=O) groups excluding carboxylic acids is 2. The Morgan fingerprint density at radius 3 is 1.56 bits per heavy atom. The Hall–Kier alpha value is -3.83. The molecule has 2 aromatic carbocycles. The van der Waals surface area contributed by atoms with Crippen LogP contribution in [0.1, 0.15) is 75.6 Å². The normalized spacial score (nSPS) is 13.0. The third-order valence-electron chi connectivity index (χ3n) is 9.88. The van der Waals surface area contributed by atoms with Gasteiger partial charge >= 0.3 is 11.6 Å². The van der Waals surface area contributed by atoms with Crippen LogP contribution in [-0.2, 0) is 58.0 Å². The zero-order valence-corrected chi connectivity index (χ0v) is 38.6. The van der Waals surface area contributed by atoms with E-state index in [1.165, 1.54) is 0 Å². The van der Waals surface area contributed by atoms with Gasteiger partial charge in [-0.1, -0.05) is 45.7 Å². The van der Waals surface area contributed by atoms with Crippen LogP contribution in [0, 0.1) is 13.8 Å². The van der Waals surface area contributed by atoms with Gasteiger partial charge in [0.25, 0.3) is 11.1 Å². The highest BCUT2D eigenvalue weighted by Gasteiger charge is 2.29. The Morgan fingerprint density at radius 1 is 0.644 bits per heavy atom. The molecule has 0 atom stereocenters. The van der Waals surface area contributed by atoms with E-state index in [1.807, 2.05) is 58.9 Å². The Kier molecular flexibility index (Phi) is 18.8. The van der Waals surface area contributed by atoms with Crippen molar-refractivity contribution in [1.29, 1.82) is 0 Å². The SMILES string of the molecule is CCOCCOC(=O)Cl.CCOCCOC(=O)Oc1c(-c2c(C)cc(Br)cc2CC)c(=O)n2n1CCCC2.CCc1cc(Br)cc(C)c1-c1c(O)n2n(c1=O)CCCC2. The van der Waals surface area contributed by atoms with Crippen LogP contribution < -0.4 is 15.9 Å². The van der Waals surface area contributed by atoms with Crippen LogP contribution >= 0.6 is 43.5 Å². The molecule has 324 valence electrons. The van der Waals surface area contributed by atoms with Crippen LogP contribution in [0.4, 0.5) is 9.59 Å². The lowest BCUT2D eigenvalue weighted by Gasteiger charge is -2.19. The van der Waals surface area contributed by atoms with Crippen molar-refractivity contribution < 1.29 is 38.4 Å². The zero-order valence-electron chi connectivity index (χ0n) is 34.7. The second-order valence-electron chi connectivity index (χ2n) is 13.8. The average Bonchev–Trinajstić information content (AvgIpc) is 3.62. The molecule has 17 heteroatoms. The zero-order chi connectivity index (χ0) is 43.2. The van der Waals surface area contributed by atoms with Crippen molar-refractivity contribution in [1.82, 2.24) is 18.7 Å². The molecule has 14 nitrogen and oxygen atoms in total. The number of aromatic nitrogens is 4. The quantitative estimate of drug-likeness (QED) is 0.0780. The molecule has 2 aliphatic rings. The Bertz CT molecular complexity index is 2190. The maximum absolute atomic E-state index is 13.3. The number of aromatic hydroxyl groups is 1. The first-order chi connectivity index (χ1) is 28.3. The minimum atomic E-state index is -0.828. The summed E-state index contributed by atoms with van der Waals surface area (Å²) in [6, 6.07) is 8.00. The molecule has 0 aliphatic carbocycles. The lowest BCUT2D eigenvalue weighted by molar-refractivity contribution is 0.0537. The standard InChI is InChI=1S/C21H27BrN2O5.C16H19BrN2O2.C5H9ClO3/c1-4-15-13-16(22)12-14(3)17(15)18-19(25)23-8-6-7-9-24(23)20(18)29-21(26)28-11-10-27-5-2;1-3-11-9-12(17)8-10(2)13(11)14-15(20)18-6-4-5-7-19(18)16(14)21;1-2-8-3-4-9-5(6)7/h12-13H,4-11H2,1-3H3;8-9,20H,3-7H2,1-2H3;2-4H2,1H3. The molecule has 0 saturated carbocycles. The fourth-order valence-electron chi connectivity index (χ4n) is 7.28. The smallest absolute Gasteiger partial charge is 0.493 e. The molecule has 1 N–H and O–H groups in total. The van der Waals surface area contributed by atoms with Crippen molar-refractivity contribution in [3.63, 3.8) is 0 Å². The van der Waals surface area contributed by atoms with Gasteiger partial charge in [-0.15, -0.1) is 0 Å². The average molecular weight is 971 g/mol. The van der Waals surface area contributed by atoms with E-state index >= 15 is 0 Å². The van der Waals surface area contributed by atoms with Gasteiger partial charge in [-0.25, -0.2) is 19.0 Å². The molecule has 4 heterocycles. The highest BCUT2D eigenvalue weighted by Crippen LogP contribution is 2.37. The molecule has 4 aromatic rings. The van der Waals surface area contributed by atoms with Crippen molar-refractivity contribution in [2.24, 2.45) is 0 Å². The fraction of sp³-hybridized carbons (Fsp3) is 0.524. The number of ether oxygens (including phenoxy) is 5. The second-order valence-corrected chi connectivity index (χ2v) is 15.9. The maximum atomic E-state index is 13.3. The third kappa shape index (κ3) is 12.1. The summed E-state index contributed by atoms with van der Waals surface area (Å²) in [5.74, 6) is 0.371. The summed E-state index contributed by atoms with van der Waals surface area (Å²) in [7, 11) is 0. The number of halogens is 3. The van der Waals surface area contributed by atoms with Crippen LogP contribution in [0.25, 0.3) is 22.3 Å². The predicted molar refractivity (Wildman–Crippen MR) is 234 cm³/mol. The fourth-order valence-corrected chi connectivity index (χ4v) is 8.60. The van der Waals surface area contributed by atoms with Gasteiger partial charge in [-0.3, -0.25) is 19.0 Å². The summed E-state index contributed by atoms with van der Waals surface area (Å²) in [6.07, 6.45) is 4.57. The van der Waals surface area contributed by atoms with E-state index in [0.29, 0.717) is 63.7 Å². The van der Waals surface area contributed by atoms with Gasteiger partial charge in [0.1, 0.15) is 24.3 Å². The number of carbonyl (C=O) groups is 2. The van der Waals surface area contributed by atoms with Crippen LogP contribution in [0.3, 0.4) is 0 Å². The van der Waals surface area contributed by atoms with E-state index in [0.717, 1.165) is 80.9 Å². The molecule has 2 aromatic heterocycles. The lowest BCUT2D eigenvalue weighted by Crippen LogP contribution is -2.28. The number of benzene rings is 2. The van der Waals surface area contributed by atoms with Gasteiger partial charge in [0.05, 0.1) is 13.2 Å². The largest absolute Gasteiger partial charge is 0.515 e. The van der Waals surface area contributed by atoms with E-state index in [-0.39, 0.29) is 36.1 Å². The summed E-state index contributed by atoms with van der Waals surface area (Å²) in [4.78, 5) is 48.2. The van der Waals surface area contributed by atoms with Crippen molar-refractivity contribution in [3.8, 4) is 34.0 Å². The van der Waals surface area contributed by atoms with Gasteiger partial charge in [0.15, 0.2) is 0 Å². The van der Waals surface area contributed by atoms with Gasteiger partial charge in [-0.05, 0) is 124 Å². The Balaban J connectivity index is 0.000000223. The summed E-state index contributed by atoms with van der Waals surface area (Å²) < 4.78 is 33.9. The number of hydrogen-bond donors (Lipinski definition) is 1. The van der Waals surface area contributed by atoms with E-state index in [9.17, 15) is 24.3 Å². The molecule has 59 heavy (non-hydrogen) atoms. The monoisotopic (exact) mass is 968 g/mol. The van der Waals surface area contributed by atoms with Crippen molar-refractivity contribution in [3.05, 3.63) is 76.2 Å². The summed E-state index contributed by atoms with van der Waals surface area (Å²) in [6.45, 7) is 16.6. The first kappa shape index (κ1) is 47.8. The van der Waals surface area contributed by atoms with Crippen LogP contribution in [-0.4, -0.2) is 75.1 Å². The predicted octanol–water partition coefficient (Wildman–Crippen LogP) is 9.14. The van der Waals surface area contributed by atoms with Gasteiger partial charge < -0.3 is 28.8 Å². The summed E-state index contributed by atoms with van der Waals surface area (Å²) in [5, 5.41) is 10.6. The molecule has 6 rings (SSSR count). The Labute approximate surface area is 366 Å². The van der Waals surface area contributed by atoms with Crippen molar-refractivity contribution >= 4 is 55.0 Å². The van der Waals surface area contributed by atoms with Crippen molar-refractivity contribution in [2.45, 2.75) is 106 Å². The topological polar surface area (TPSA) is 154 Å². The molecule has 0 saturated heterocycles. The molecule has 0 bridgehead atoms. The highest BCUT2D eigenvalue weighted by molar-refractivity contribution is 9.10. The number of aryl methyl sites for hydroxylation is 4. The van der Waals surface area contributed by atoms with Gasteiger partial charge in [0, 0.05) is 59.9 Å². The molecule has 0 radical (unpaired) electrons. The van der Waals surface area contributed by atoms with E-state index in [4.69, 9.17) is 30.5 Å². The molecule has 0 spiro atoms. The highest BCUT2D eigenvalue weighted by atomic mass is 79.9. The van der Waals surface area contributed by atoms with Gasteiger partial charge in [0.2, 0.25) is 11.8 Å². The van der Waals surface area contributed by atoms with Gasteiger partial charge in [-0.2, -0.15) is 0 Å². The first-order valence-corrected chi connectivity index (χ1v) is 22.0. The molecular formula is C42H55Br2ClN4O10. The van der Waals surface area contributed by atoms with E-state index < -0.39 is 11.6 Å². The van der Waals surface area contributed by atoms with Crippen LogP contribution in [0.5, 0.6) is 11.8 Å². The summed E-state index contributed by atoms with van der Waals surface area (Å²) >= 11 is 11.9. The number of rotatable bonds is 13. The van der Waals surface area contributed by atoms with E-state index in [2.05, 4.69) is 43.5 Å². The second kappa shape index (κ2) is 23.2. The minimum Gasteiger partial charge on any atom is -0.493 e. The molecule has 0 amide bonds. The number of fused-ring (bicyclic) bond motifs is 2. The van der Waals surface area contributed by atoms with Crippen LogP contribution in [0.2, 0.25) is 0 Å². The first-order valence-electron chi connectivity index (χ1n) is 20.1. The third-order valence-corrected chi connectivity index (χ3v) is 10.9. The maximum Gasteiger partial charge on any atom is 0.515 e. The van der Waals surface area contributed by atoms with Crippen molar-refractivity contribution in [2.75, 3.05) is 39.6 Å². The summed E-state index contributed by atoms with van der Waals surface area (Å²) in [5.41, 5.74) is 5.66.